The quantitative estimate of drug-likeness (QED) is 0.836. The molecule has 1 aromatic rings. The monoisotopic (exact) mass is 334 g/mol. The maximum atomic E-state index is 12.5. The van der Waals surface area contributed by atoms with Gasteiger partial charge in [0.1, 0.15) is 10.6 Å². The van der Waals surface area contributed by atoms with E-state index in [-0.39, 0.29) is 4.90 Å². The average Bonchev–Trinajstić information content (AvgIpc) is 2.91. The Morgan fingerprint density at radius 3 is 2.14 bits per heavy atom. The number of aromatic nitrogens is 1. The fraction of sp³-hybridized carbons (Fsp3) is 0.643. The third-order valence-electron chi connectivity index (χ3n) is 4.61. The highest BCUT2D eigenvalue weighted by atomic mass is 32.2. The molecular formula is C14H17F3N2O2S. The van der Waals surface area contributed by atoms with Crippen molar-refractivity contribution >= 4 is 10.0 Å². The van der Waals surface area contributed by atoms with E-state index in [1.54, 1.807) is 0 Å². The van der Waals surface area contributed by atoms with Crippen LogP contribution in [0.15, 0.2) is 23.2 Å². The Bertz CT molecular complexity index is 629. The highest BCUT2D eigenvalue weighted by Crippen LogP contribution is 2.38. The normalized spacial score (nSPS) is 26.9. The Kier molecular flexibility index (Phi) is 3.92. The summed E-state index contributed by atoms with van der Waals surface area (Å²) in [6, 6.07) is 1.71. The van der Waals surface area contributed by atoms with Gasteiger partial charge in [0.05, 0.1) is 0 Å². The Balaban J connectivity index is 1.81. The second-order valence-corrected chi connectivity index (χ2v) is 7.94. The standard InChI is InChI=1S/C14H17F3N2O2S/c15-14(16,17)13-6-5-12(7-18-13)22(20,21)19-8-10-3-1-2-4-11(10)9-19/h5-7,10-11H,1-4,8-9H2/t10-,11+. The van der Waals surface area contributed by atoms with Gasteiger partial charge in [-0.2, -0.15) is 17.5 Å². The van der Waals surface area contributed by atoms with Crippen molar-refractivity contribution in [2.75, 3.05) is 13.1 Å². The van der Waals surface area contributed by atoms with E-state index >= 15 is 0 Å². The number of pyridine rings is 1. The largest absolute Gasteiger partial charge is 0.433 e. The molecule has 0 amide bonds. The van der Waals surface area contributed by atoms with Gasteiger partial charge in [0, 0.05) is 19.3 Å². The number of alkyl halides is 3. The van der Waals surface area contributed by atoms with Crippen LogP contribution < -0.4 is 0 Å². The highest BCUT2D eigenvalue weighted by Gasteiger charge is 2.40. The number of fused-ring (bicyclic) bond motifs is 1. The number of sulfonamides is 1. The number of hydrogen-bond donors (Lipinski definition) is 0. The molecule has 8 heteroatoms. The maximum Gasteiger partial charge on any atom is 0.433 e. The maximum absolute atomic E-state index is 12.5. The molecule has 2 atom stereocenters. The van der Waals surface area contributed by atoms with E-state index in [1.165, 1.54) is 4.31 Å². The van der Waals surface area contributed by atoms with Crippen molar-refractivity contribution in [2.45, 2.75) is 36.8 Å². The van der Waals surface area contributed by atoms with Crippen LogP contribution in [0.25, 0.3) is 0 Å². The summed E-state index contributed by atoms with van der Waals surface area (Å²) >= 11 is 0. The van der Waals surface area contributed by atoms with Crippen molar-refractivity contribution in [1.29, 1.82) is 0 Å². The van der Waals surface area contributed by atoms with E-state index in [4.69, 9.17) is 0 Å². The molecule has 0 spiro atoms. The van der Waals surface area contributed by atoms with Crippen LogP contribution in [-0.4, -0.2) is 30.8 Å². The van der Waals surface area contributed by atoms with Gasteiger partial charge in [0.2, 0.25) is 10.0 Å². The molecule has 3 rings (SSSR count). The fourth-order valence-corrected chi connectivity index (χ4v) is 4.91. The molecule has 0 N–H and O–H groups in total. The van der Waals surface area contributed by atoms with Crippen molar-refractivity contribution in [3.63, 3.8) is 0 Å². The number of hydrogen-bond acceptors (Lipinski definition) is 3. The Labute approximate surface area is 127 Å². The summed E-state index contributed by atoms with van der Waals surface area (Å²) in [4.78, 5) is 3.08. The van der Waals surface area contributed by atoms with E-state index < -0.39 is 21.9 Å². The van der Waals surface area contributed by atoms with E-state index in [0.717, 1.165) is 44.0 Å². The molecule has 0 bridgehead atoms. The summed E-state index contributed by atoms with van der Waals surface area (Å²) < 4.78 is 64.0. The van der Waals surface area contributed by atoms with Crippen LogP contribution in [0.1, 0.15) is 31.4 Å². The summed E-state index contributed by atoms with van der Waals surface area (Å²) in [5, 5.41) is 0. The first-order valence-electron chi connectivity index (χ1n) is 7.32. The summed E-state index contributed by atoms with van der Waals surface area (Å²) in [6.45, 7) is 0.933. The molecule has 2 fully saturated rings. The molecule has 1 aliphatic carbocycles. The molecule has 2 aliphatic rings. The molecule has 2 heterocycles. The van der Waals surface area contributed by atoms with E-state index in [2.05, 4.69) is 4.98 Å². The third-order valence-corrected chi connectivity index (χ3v) is 6.42. The van der Waals surface area contributed by atoms with Gasteiger partial charge in [-0.05, 0) is 36.8 Å². The average molecular weight is 334 g/mol. The van der Waals surface area contributed by atoms with Gasteiger partial charge in [0.25, 0.3) is 0 Å². The van der Waals surface area contributed by atoms with Crippen molar-refractivity contribution < 1.29 is 21.6 Å². The smallest absolute Gasteiger partial charge is 0.250 e. The second kappa shape index (κ2) is 5.49. The van der Waals surface area contributed by atoms with Gasteiger partial charge in [0.15, 0.2) is 0 Å². The molecule has 4 nitrogen and oxygen atoms in total. The van der Waals surface area contributed by atoms with Crippen LogP contribution in [0.3, 0.4) is 0 Å². The summed E-state index contributed by atoms with van der Waals surface area (Å²) in [6.07, 6.45) is 0.544. The molecule has 22 heavy (non-hydrogen) atoms. The lowest BCUT2D eigenvalue weighted by Crippen LogP contribution is -2.29. The van der Waals surface area contributed by atoms with Gasteiger partial charge >= 0.3 is 6.18 Å². The van der Waals surface area contributed by atoms with Crippen LogP contribution in [-0.2, 0) is 16.2 Å². The first kappa shape index (κ1) is 15.7. The molecule has 1 saturated carbocycles. The zero-order valence-corrected chi connectivity index (χ0v) is 12.7. The predicted octanol–water partition coefficient (Wildman–Crippen LogP) is 2.91. The van der Waals surface area contributed by atoms with Crippen LogP contribution >= 0.6 is 0 Å². The second-order valence-electron chi connectivity index (χ2n) is 6.00. The van der Waals surface area contributed by atoms with Crippen molar-refractivity contribution in [1.82, 2.24) is 9.29 Å². The van der Waals surface area contributed by atoms with Crippen molar-refractivity contribution in [2.24, 2.45) is 11.8 Å². The Morgan fingerprint density at radius 2 is 1.68 bits per heavy atom. The number of rotatable bonds is 2. The highest BCUT2D eigenvalue weighted by molar-refractivity contribution is 7.89. The van der Waals surface area contributed by atoms with E-state index in [9.17, 15) is 21.6 Å². The van der Waals surface area contributed by atoms with E-state index in [0.29, 0.717) is 24.9 Å². The molecule has 0 aromatic carbocycles. The summed E-state index contributed by atoms with van der Waals surface area (Å²) in [7, 11) is -3.76. The minimum atomic E-state index is -4.56. The third kappa shape index (κ3) is 2.86. The van der Waals surface area contributed by atoms with Gasteiger partial charge in [-0.3, -0.25) is 4.98 Å². The Morgan fingerprint density at radius 1 is 1.09 bits per heavy atom. The minimum Gasteiger partial charge on any atom is -0.250 e. The van der Waals surface area contributed by atoms with E-state index in [1.807, 2.05) is 0 Å². The molecule has 1 saturated heterocycles. The Hall–Kier alpha value is -1.15. The molecule has 122 valence electrons. The van der Waals surface area contributed by atoms with Crippen LogP contribution in [0.4, 0.5) is 13.2 Å². The molecular weight excluding hydrogens is 317 g/mol. The number of nitrogens with zero attached hydrogens (tertiary/aromatic N) is 2. The SMILES string of the molecule is O=S(=O)(c1ccc(C(F)(F)F)nc1)N1C[C@H]2CCCC[C@H]2C1. The predicted molar refractivity (Wildman–Crippen MR) is 73.4 cm³/mol. The van der Waals surface area contributed by atoms with Gasteiger partial charge in [-0.15, -0.1) is 0 Å². The minimum absolute atomic E-state index is 0.167. The molecule has 0 unspecified atom stereocenters. The zero-order valence-electron chi connectivity index (χ0n) is 11.9. The lowest BCUT2D eigenvalue weighted by Gasteiger charge is -2.22. The van der Waals surface area contributed by atoms with Gasteiger partial charge < -0.3 is 0 Å². The van der Waals surface area contributed by atoms with Gasteiger partial charge in [-0.25, -0.2) is 8.42 Å². The van der Waals surface area contributed by atoms with Crippen molar-refractivity contribution in [3.05, 3.63) is 24.0 Å². The number of halogens is 3. The van der Waals surface area contributed by atoms with Crippen LogP contribution in [0.2, 0.25) is 0 Å². The fourth-order valence-electron chi connectivity index (χ4n) is 3.41. The lowest BCUT2D eigenvalue weighted by atomic mass is 9.82. The van der Waals surface area contributed by atoms with Crippen LogP contribution in [0, 0.1) is 11.8 Å². The zero-order chi connectivity index (χ0) is 16.0. The molecule has 1 aromatic heterocycles. The first-order valence-corrected chi connectivity index (χ1v) is 8.76. The topological polar surface area (TPSA) is 50.3 Å². The van der Waals surface area contributed by atoms with Gasteiger partial charge in [-0.1, -0.05) is 12.8 Å². The summed E-state index contributed by atoms with van der Waals surface area (Å²) in [5.41, 5.74) is -1.08. The molecule has 0 radical (unpaired) electrons. The first-order chi connectivity index (χ1) is 10.3. The van der Waals surface area contributed by atoms with Crippen LogP contribution in [0.5, 0.6) is 0 Å². The molecule has 1 aliphatic heterocycles. The lowest BCUT2D eigenvalue weighted by molar-refractivity contribution is -0.141. The van der Waals surface area contributed by atoms with Crippen molar-refractivity contribution in [3.8, 4) is 0 Å². The summed E-state index contributed by atoms with van der Waals surface area (Å²) in [5.74, 6) is 0.761.